The smallest absolute Gasteiger partial charge is 0.243 e. The Kier molecular flexibility index (Phi) is 3.45. The third-order valence-corrected chi connectivity index (χ3v) is 3.17. The number of nitrogens with one attached hydrogen (secondary N) is 1. The highest BCUT2D eigenvalue weighted by atomic mass is 19.1. The van der Waals surface area contributed by atoms with E-state index in [1.165, 1.54) is 12.1 Å². The Morgan fingerprint density at radius 1 is 1.30 bits per heavy atom. The van der Waals surface area contributed by atoms with Gasteiger partial charge in [0.2, 0.25) is 5.89 Å². The van der Waals surface area contributed by atoms with Crippen LogP contribution < -0.4 is 5.32 Å². The van der Waals surface area contributed by atoms with E-state index >= 15 is 0 Å². The van der Waals surface area contributed by atoms with Crippen LogP contribution in [0.25, 0.3) is 0 Å². The number of β-amino-alcohol motifs (C(OH)–C–C–N with tert-alkyl or cyclic N) is 1. The lowest BCUT2D eigenvalue weighted by Gasteiger charge is -2.01. The molecule has 0 aliphatic carbocycles. The summed E-state index contributed by atoms with van der Waals surface area (Å²) in [6.07, 6.45) is 0.275. The number of halogens is 2. The van der Waals surface area contributed by atoms with Crippen LogP contribution in [0, 0.1) is 11.6 Å². The SMILES string of the molecule is O[C@@H]1CN[C@H](c2nc(Cc3cc(F)cc(F)c3)no2)C1. The highest BCUT2D eigenvalue weighted by Crippen LogP contribution is 2.22. The van der Waals surface area contributed by atoms with Gasteiger partial charge in [0, 0.05) is 19.0 Å². The number of nitrogens with zero attached hydrogens (tertiary/aromatic N) is 2. The Balaban J connectivity index is 1.73. The minimum absolute atomic E-state index is 0.171. The zero-order valence-corrected chi connectivity index (χ0v) is 10.5. The van der Waals surface area contributed by atoms with E-state index in [4.69, 9.17) is 4.52 Å². The van der Waals surface area contributed by atoms with Crippen molar-refractivity contribution in [3.05, 3.63) is 47.1 Å². The number of hydrogen-bond acceptors (Lipinski definition) is 5. The van der Waals surface area contributed by atoms with Gasteiger partial charge in [-0.1, -0.05) is 5.16 Å². The van der Waals surface area contributed by atoms with Crippen LogP contribution in [0.5, 0.6) is 0 Å². The molecule has 0 unspecified atom stereocenters. The number of aliphatic hydroxyl groups is 1. The largest absolute Gasteiger partial charge is 0.392 e. The van der Waals surface area contributed by atoms with E-state index in [0.29, 0.717) is 30.2 Å². The molecule has 0 spiro atoms. The maximum absolute atomic E-state index is 13.1. The van der Waals surface area contributed by atoms with Gasteiger partial charge >= 0.3 is 0 Å². The zero-order chi connectivity index (χ0) is 14.1. The molecule has 5 nitrogen and oxygen atoms in total. The maximum Gasteiger partial charge on any atom is 0.243 e. The molecule has 0 saturated carbocycles. The molecule has 2 atom stereocenters. The van der Waals surface area contributed by atoms with Gasteiger partial charge in [0.05, 0.1) is 12.1 Å². The third-order valence-electron chi connectivity index (χ3n) is 3.17. The van der Waals surface area contributed by atoms with Crippen molar-refractivity contribution in [3.63, 3.8) is 0 Å². The zero-order valence-electron chi connectivity index (χ0n) is 10.5. The van der Waals surface area contributed by atoms with Gasteiger partial charge in [-0.3, -0.25) is 0 Å². The second-order valence-corrected chi connectivity index (χ2v) is 4.85. The van der Waals surface area contributed by atoms with Crippen molar-refractivity contribution in [3.8, 4) is 0 Å². The molecular weight excluding hydrogens is 268 g/mol. The minimum Gasteiger partial charge on any atom is -0.392 e. The second-order valence-electron chi connectivity index (χ2n) is 4.85. The van der Waals surface area contributed by atoms with E-state index in [-0.39, 0.29) is 12.5 Å². The van der Waals surface area contributed by atoms with Crippen molar-refractivity contribution >= 4 is 0 Å². The summed E-state index contributed by atoms with van der Waals surface area (Å²) in [5.74, 6) is -0.532. The Morgan fingerprint density at radius 2 is 2.05 bits per heavy atom. The molecule has 0 amide bonds. The first-order valence-corrected chi connectivity index (χ1v) is 6.29. The molecule has 2 N–H and O–H groups in total. The van der Waals surface area contributed by atoms with Crippen molar-refractivity contribution < 1.29 is 18.4 Å². The first kappa shape index (κ1) is 13.1. The molecule has 1 aromatic heterocycles. The average Bonchev–Trinajstić information content (AvgIpc) is 2.96. The summed E-state index contributed by atoms with van der Waals surface area (Å²) < 4.78 is 31.3. The van der Waals surface area contributed by atoms with E-state index in [1.54, 1.807) is 0 Å². The van der Waals surface area contributed by atoms with Crippen LogP contribution in [-0.2, 0) is 6.42 Å². The Morgan fingerprint density at radius 3 is 2.70 bits per heavy atom. The van der Waals surface area contributed by atoms with E-state index in [9.17, 15) is 13.9 Å². The molecule has 1 fully saturated rings. The minimum atomic E-state index is -0.635. The quantitative estimate of drug-likeness (QED) is 0.888. The van der Waals surface area contributed by atoms with Gasteiger partial charge in [-0.05, 0) is 24.1 Å². The van der Waals surface area contributed by atoms with Crippen LogP contribution >= 0.6 is 0 Å². The molecular formula is C13H13F2N3O2. The fourth-order valence-electron chi connectivity index (χ4n) is 2.28. The highest BCUT2D eigenvalue weighted by Gasteiger charge is 2.28. The van der Waals surface area contributed by atoms with Gasteiger partial charge in [-0.2, -0.15) is 4.98 Å². The van der Waals surface area contributed by atoms with Crippen molar-refractivity contribution in [2.45, 2.75) is 25.0 Å². The van der Waals surface area contributed by atoms with Gasteiger partial charge in [0.1, 0.15) is 11.6 Å². The van der Waals surface area contributed by atoms with Gasteiger partial charge in [-0.25, -0.2) is 8.78 Å². The molecule has 20 heavy (non-hydrogen) atoms. The van der Waals surface area contributed by atoms with Crippen molar-refractivity contribution in [1.29, 1.82) is 0 Å². The van der Waals surface area contributed by atoms with Gasteiger partial charge < -0.3 is 14.9 Å². The maximum atomic E-state index is 13.1. The molecule has 1 aliphatic rings. The lowest BCUT2D eigenvalue weighted by atomic mass is 10.1. The summed E-state index contributed by atoms with van der Waals surface area (Å²) in [5, 5.41) is 16.3. The summed E-state index contributed by atoms with van der Waals surface area (Å²) in [6.45, 7) is 0.484. The van der Waals surface area contributed by atoms with Crippen LogP contribution in [0.15, 0.2) is 22.7 Å². The summed E-state index contributed by atoms with van der Waals surface area (Å²) in [5.41, 5.74) is 0.439. The van der Waals surface area contributed by atoms with Crippen LogP contribution in [0.2, 0.25) is 0 Å². The van der Waals surface area contributed by atoms with Crippen LogP contribution in [0.3, 0.4) is 0 Å². The number of aromatic nitrogens is 2. The Bertz CT molecular complexity index is 597. The molecule has 106 valence electrons. The summed E-state index contributed by atoms with van der Waals surface area (Å²) in [4.78, 5) is 4.19. The van der Waals surface area contributed by atoms with Crippen molar-refractivity contribution in [2.75, 3.05) is 6.54 Å². The normalized spacial score (nSPS) is 22.4. The molecule has 7 heteroatoms. The fourth-order valence-corrected chi connectivity index (χ4v) is 2.28. The van der Waals surface area contributed by atoms with E-state index < -0.39 is 17.7 Å². The standard InChI is InChI=1S/C13H13F2N3O2/c14-8-1-7(2-9(15)4-8)3-12-17-13(20-18-12)11-5-10(19)6-16-11/h1-2,4,10-11,16,19H,3,5-6H2/t10-,11-/m0/s1. The first-order valence-electron chi connectivity index (χ1n) is 6.29. The van der Waals surface area contributed by atoms with Crippen LogP contribution in [-0.4, -0.2) is 27.9 Å². The van der Waals surface area contributed by atoms with E-state index in [2.05, 4.69) is 15.5 Å². The molecule has 2 heterocycles. The highest BCUT2D eigenvalue weighted by molar-refractivity contribution is 5.21. The lowest BCUT2D eigenvalue weighted by molar-refractivity contribution is 0.191. The van der Waals surface area contributed by atoms with E-state index in [1.807, 2.05) is 0 Å². The number of hydrogen-bond donors (Lipinski definition) is 2. The van der Waals surface area contributed by atoms with Gasteiger partial charge in [0.25, 0.3) is 0 Å². The molecule has 0 bridgehead atoms. The van der Waals surface area contributed by atoms with Gasteiger partial charge in [0.15, 0.2) is 5.82 Å². The summed E-state index contributed by atoms with van der Waals surface area (Å²) in [6, 6.07) is 3.11. The average molecular weight is 281 g/mol. The topological polar surface area (TPSA) is 71.2 Å². The molecule has 2 aromatic rings. The predicted octanol–water partition coefficient (Wildman–Crippen LogP) is 1.33. The first-order chi connectivity index (χ1) is 9.60. The van der Waals surface area contributed by atoms with Crippen molar-refractivity contribution in [1.82, 2.24) is 15.5 Å². The lowest BCUT2D eigenvalue weighted by Crippen LogP contribution is -2.15. The van der Waals surface area contributed by atoms with Crippen LogP contribution in [0.1, 0.15) is 29.7 Å². The predicted molar refractivity (Wildman–Crippen MR) is 64.8 cm³/mol. The van der Waals surface area contributed by atoms with Crippen molar-refractivity contribution in [2.24, 2.45) is 0 Å². The number of benzene rings is 1. The Hall–Kier alpha value is -1.86. The molecule has 1 aliphatic heterocycles. The monoisotopic (exact) mass is 281 g/mol. The van der Waals surface area contributed by atoms with Gasteiger partial charge in [-0.15, -0.1) is 0 Å². The number of rotatable bonds is 3. The Labute approximate surface area is 113 Å². The second kappa shape index (κ2) is 5.26. The van der Waals surface area contributed by atoms with E-state index in [0.717, 1.165) is 6.07 Å². The molecule has 3 rings (SSSR count). The third kappa shape index (κ3) is 2.83. The summed E-state index contributed by atoms with van der Waals surface area (Å²) in [7, 11) is 0. The van der Waals surface area contributed by atoms with Crippen LogP contribution in [0.4, 0.5) is 8.78 Å². The molecule has 1 saturated heterocycles. The summed E-state index contributed by atoms with van der Waals surface area (Å²) >= 11 is 0. The fraction of sp³-hybridized carbons (Fsp3) is 0.385. The molecule has 0 radical (unpaired) electrons. The number of aliphatic hydroxyl groups excluding tert-OH is 1. The molecule has 1 aromatic carbocycles.